The second-order valence-electron chi connectivity index (χ2n) is 12.1. The number of aliphatic hydroxyl groups is 3. The van der Waals surface area contributed by atoms with Crippen LogP contribution in [0.15, 0.2) is 47.6 Å². The number of aliphatic hydroxyl groups excluding tert-OH is 3. The predicted octanol–water partition coefficient (Wildman–Crippen LogP) is 5.78. The van der Waals surface area contributed by atoms with Gasteiger partial charge in [-0.15, -0.1) is 0 Å². The van der Waals surface area contributed by atoms with Gasteiger partial charge in [-0.1, -0.05) is 57.2 Å². The number of fused-ring (bicyclic) bond motifs is 1. The molecular weight excluding hydrogens is 468 g/mol. The molecule has 0 aromatic rings. The zero-order chi connectivity index (χ0) is 26.8. The molecule has 206 valence electrons. The lowest BCUT2D eigenvalue weighted by Gasteiger charge is -2.44. The van der Waals surface area contributed by atoms with E-state index in [-0.39, 0.29) is 5.41 Å². The topological polar surface area (TPSA) is 96.2 Å². The number of hydrogen-bond donors (Lipinski definition) is 3. The average molecular weight is 515 g/mol. The van der Waals surface area contributed by atoms with Gasteiger partial charge < -0.3 is 24.8 Å². The van der Waals surface area contributed by atoms with E-state index in [2.05, 4.69) is 38.7 Å². The number of ether oxygens (including phenoxy) is 2. The van der Waals surface area contributed by atoms with Gasteiger partial charge in [0, 0.05) is 6.42 Å². The number of carbonyl (C=O) groups excluding carboxylic acids is 1. The largest absolute Gasteiger partial charge is 0.508 e. The van der Waals surface area contributed by atoms with Crippen LogP contribution in [0.25, 0.3) is 0 Å². The molecule has 4 saturated carbocycles. The summed E-state index contributed by atoms with van der Waals surface area (Å²) < 4.78 is 10.5. The summed E-state index contributed by atoms with van der Waals surface area (Å²) in [6.07, 6.45) is 14.3. The summed E-state index contributed by atoms with van der Waals surface area (Å²) in [6.45, 7) is 11.0. The Hall–Kier alpha value is -1.89. The minimum Gasteiger partial charge on any atom is -0.434 e. The van der Waals surface area contributed by atoms with Crippen LogP contribution in [0.4, 0.5) is 4.79 Å². The molecule has 0 saturated heterocycles. The molecule has 0 unspecified atom stereocenters. The molecular formula is C31H46O6. The lowest BCUT2D eigenvalue weighted by molar-refractivity contribution is -0.0315. The minimum absolute atomic E-state index is 0.192. The first-order chi connectivity index (χ1) is 17.6. The first-order valence-electron chi connectivity index (χ1n) is 14.3. The van der Waals surface area contributed by atoms with Crippen molar-refractivity contribution in [3.63, 3.8) is 0 Å². The SMILES string of the molecule is C=C1C(=CC=C2CCC[C@]3(C)[C@@H]([C@H](C)C=C[C@@H](O)C4(OC(=O)OCCC)CC4)CC[C@@H]23)C[C@@H](O)C[C@@H]1O. The molecule has 0 bridgehead atoms. The maximum absolute atomic E-state index is 11.9. The summed E-state index contributed by atoms with van der Waals surface area (Å²) in [7, 11) is 0. The number of allylic oxidation sites excluding steroid dienone is 4. The van der Waals surface area contributed by atoms with Crippen molar-refractivity contribution in [1.82, 2.24) is 0 Å². The molecule has 6 nitrogen and oxygen atoms in total. The molecule has 6 heteroatoms. The van der Waals surface area contributed by atoms with E-state index in [0.717, 1.165) is 43.3 Å². The molecule has 37 heavy (non-hydrogen) atoms. The van der Waals surface area contributed by atoms with Crippen molar-refractivity contribution < 1.29 is 29.6 Å². The monoisotopic (exact) mass is 514 g/mol. The molecule has 0 aliphatic heterocycles. The molecule has 4 aliphatic carbocycles. The highest BCUT2D eigenvalue weighted by Crippen LogP contribution is 2.59. The van der Waals surface area contributed by atoms with E-state index < -0.39 is 30.1 Å². The molecule has 7 atom stereocenters. The van der Waals surface area contributed by atoms with E-state index in [1.807, 2.05) is 13.0 Å². The van der Waals surface area contributed by atoms with E-state index in [1.165, 1.54) is 12.0 Å². The molecule has 0 radical (unpaired) electrons. The molecule has 3 N–H and O–H groups in total. The Labute approximate surface area is 222 Å². The van der Waals surface area contributed by atoms with E-state index in [4.69, 9.17) is 9.47 Å². The molecule has 4 fully saturated rings. The second kappa shape index (κ2) is 11.5. The zero-order valence-electron chi connectivity index (χ0n) is 22.8. The van der Waals surface area contributed by atoms with Crippen LogP contribution in [0.3, 0.4) is 0 Å². The van der Waals surface area contributed by atoms with Gasteiger partial charge in [-0.3, -0.25) is 0 Å². The fraction of sp³-hybridized carbons (Fsp3) is 0.710. The Balaban J connectivity index is 1.41. The van der Waals surface area contributed by atoms with Crippen molar-refractivity contribution in [2.45, 2.75) is 109 Å². The van der Waals surface area contributed by atoms with Crippen molar-refractivity contribution >= 4 is 6.16 Å². The van der Waals surface area contributed by atoms with Crippen LogP contribution in [0.5, 0.6) is 0 Å². The molecule has 0 aromatic carbocycles. The maximum Gasteiger partial charge on any atom is 0.508 e. The summed E-state index contributed by atoms with van der Waals surface area (Å²) in [5.74, 6) is 1.33. The van der Waals surface area contributed by atoms with E-state index in [9.17, 15) is 20.1 Å². The van der Waals surface area contributed by atoms with Crippen LogP contribution >= 0.6 is 0 Å². The van der Waals surface area contributed by atoms with Crippen LogP contribution in [-0.2, 0) is 9.47 Å². The fourth-order valence-electron chi connectivity index (χ4n) is 7.16. The van der Waals surface area contributed by atoms with Crippen LogP contribution in [0, 0.1) is 23.2 Å². The molecule has 0 heterocycles. The summed E-state index contributed by atoms with van der Waals surface area (Å²) in [4.78, 5) is 11.9. The lowest BCUT2D eigenvalue weighted by Crippen LogP contribution is -2.36. The lowest BCUT2D eigenvalue weighted by atomic mass is 9.61. The highest BCUT2D eigenvalue weighted by atomic mass is 16.7. The van der Waals surface area contributed by atoms with Gasteiger partial charge in [0.25, 0.3) is 0 Å². The normalized spacial score (nSPS) is 37.0. The van der Waals surface area contributed by atoms with Gasteiger partial charge >= 0.3 is 6.16 Å². The Morgan fingerprint density at radius 2 is 1.95 bits per heavy atom. The Kier molecular flexibility index (Phi) is 8.72. The van der Waals surface area contributed by atoms with Gasteiger partial charge in [0.2, 0.25) is 0 Å². The molecule has 0 amide bonds. The highest BCUT2D eigenvalue weighted by Gasteiger charge is 2.53. The number of hydrogen-bond acceptors (Lipinski definition) is 6. The Morgan fingerprint density at radius 1 is 1.19 bits per heavy atom. The van der Waals surface area contributed by atoms with Crippen molar-refractivity contribution in [1.29, 1.82) is 0 Å². The molecule has 0 aromatic heterocycles. The number of carbonyl (C=O) groups is 1. The van der Waals surface area contributed by atoms with Crippen LogP contribution < -0.4 is 0 Å². The minimum atomic E-state index is -0.832. The van der Waals surface area contributed by atoms with Gasteiger partial charge in [-0.2, -0.15) is 0 Å². The van der Waals surface area contributed by atoms with Crippen molar-refractivity contribution in [2.75, 3.05) is 6.61 Å². The molecule has 0 spiro atoms. The van der Waals surface area contributed by atoms with Crippen molar-refractivity contribution in [3.8, 4) is 0 Å². The van der Waals surface area contributed by atoms with Gasteiger partial charge in [-0.25, -0.2) is 4.79 Å². The summed E-state index contributed by atoms with van der Waals surface area (Å²) >= 11 is 0. The first-order valence-corrected chi connectivity index (χ1v) is 14.3. The highest BCUT2D eigenvalue weighted by molar-refractivity contribution is 5.61. The van der Waals surface area contributed by atoms with Crippen LogP contribution in [0.2, 0.25) is 0 Å². The van der Waals surface area contributed by atoms with Gasteiger partial charge in [0.15, 0.2) is 0 Å². The third-order valence-corrected chi connectivity index (χ3v) is 9.53. The van der Waals surface area contributed by atoms with Crippen molar-refractivity contribution in [2.24, 2.45) is 23.2 Å². The third kappa shape index (κ3) is 6.07. The molecule has 4 aliphatic rings. The smallest absolute Gasteiger partial charge is 0.434 e. The van der Waals surface area contributed by atoms with Crippen molar-refractivity contribution in [3.05, 3.63) is 47.6 Å². The first kappa shape index (κ1) is 28.1. The Bertz CT molecular complexity index is 943. The third-order valence-electron chi connectivity index (χ3n) is 9.53. The zero-order valence-corrected chi connectivity index (χ0v) is 22.8. The van der Waals surface area contributed by atoms with Crippen LogP contribution in [0.1, 0.15) is 85.0 Å². The molecule has 4 rings (SSSR count). The maximum atomic E-state index is 11.9. The van der Waals surface area contributed by atoms with Gasteiger partial charge in [-0.05, 0) is 92.1 Å². The predicted molar refractivity (Wildman–Crippen MR) is 144 cm³/mol. The standard InChI is InChI=1S/C31H46O6/c1-5-17-36-29(35)37-31(15-16-31)28(34)13-8-20(2)25-11-12-26-22(7-6-14-30(25,26)4)9-10-23-18-24(32)19-27(33)21(23)3/h8-10,13,20,24-28,32-34H,3,5-7,11-12,14-19H2,1-2,4H3/t20-,24-,25-,26+,27+,28-,30-/m1/s1. The van der Waals surface area contributed by atoms with E-state index in [0.29, 0.717) is 50.0 Å². The Morgan fingerprint density at radius 3 is 2.65 bits per heavy atom. The van der Waals surface area contributed by atoms with Gasteiger partial charge in [0.05, 0.1) is 18.8 Å². The quantitative estimate of drug-likeness (QED) is 0.281. The van der Waals surface area contributed by atoms with Gasteiger partial charge in [0.1, 0.15) is 11.7 Å². The van der Waals surface area contributed by atoms with Crippen LogP contribution in [-0.4, -0.2) is 52.0 Å². The van der Waals surface area contributed by atoms with E-state index in [1.54, 1.807) is 0 Å². The summed E-state index contributed by atoms with van der Waals surface area (Å²) in [5, 5.41) is 31.1. The average Bonchev–Trinajstić information content (AvgIpc) is 3.55. The fourth-order valence-corrected chi connectivity index (χ4v) is 7.16. The number of rotatable bonds is 8. The summed E-state index contributed by atoms with van der Waals surface area (Å²) in [6, 6.07) is 0. The summed E-state index contributed by atoms with van der Waals surface area (Å²) in [5.41, 5.74) is 2.52. The van der Waals surface area contributed by atoms with E-state index >= 15 is 0 Å². The second-order valence-corrected chi connectivity index (χ2v) is 12.1.